The van der Waals surface area contributed by atoms with Gasteiger partial charge in [-0.15, -0.1) is 11.3 Å². The molecule has 2 aliphatic heterocycles. The third kappa shape index (κ3) is 2.91. The van der Waals surface area contributed by atoms with Gasteiger partial charge in [-0.2, -0.15) is 4.31 Å². The zero-order valence-corrected chi connectivity index (χ0v) is 14.5. The molecule has 3 rings (SSSR count). The van der Waals surface area contributed by atoms with Crippen molar-refractivity contribution in [3.8, 4) is 0 Å². The minimum atomic E-state index is -3.83. The second-order valence-electron chi connectivity index (χ2n) is 5.65. The second-order valence-corrected chi connectivity index (χ2v) is 8.84. The first-order valence-corrected chi connectivity index (χ1v) is 9.90. The molecule has 1 aromatic heterocycles. The summed E-state index contributed by atoms with van der Waals surface area (Å²) in [5, 5.41) is 12.7. The van der Waals surface area contributed by atoms with Gasteiger partial charge in [-0.1, -0.05) is 6.92 Å². The number of sulfonamides is 1. The third-order valence-corrected chi connectivity index (χ3v) is 7.98. The van der Waals surface area contributed by atoms with E-state index in [0.29, 0.717) is 44.7 Å². The fourth-order valence-electron chi connectivity index (χ4n) is 3.09. The first kappa shape index (κ1) is 16.8. The molecule has 0 spiro atoms. The molecule has 0 saturated carbocycles. The fraction of sp³-hybridized carbons (Fsp3) is 0.643. The van der Waals surface area contributed by atoms with Crippen LogP contribution in [0.4, 0.5) is 0 Å². The number of carboxylic acids is 1. The minimum absolute atomic E-state index is 0.0287. The summed E-state index contributed by atoms with van der Waals surface area (Å²) in [5.41, 5.74) is 0.633. The van der Waals surface area contributed by atoms with Crippen LogP contribution in [0.25, 0.3) is 0 Å². The SMILES string of the molecule is CCC1COCCN1S(=O)(=O)c1sc2c(c1C(=O)O)CCNC2. The minimum Gasteiger partial charge on any atom is -0.478 e. The largest absolute Gasteiger partial charge is 0.478 e. The van der Waals surface area contributed by atoms with Crippen LogP contribution in [-0.4, -0.2) is 56.1 Å². The van der Waals surface area contributed by atoms with Gasteiger partial charge in [0.25, 0.3) is 10.0 Å². The number of nitrogens with zero attached hydrogens (tertiary/aromatic N) is 1. The van der Waals surface area contributed by atoms with Crippen LogP contribution in [0.5, 0.6) is 0 Å². The van der Waals surface area contributed by atoms with E-state index >= 15 is 0 Å². The van der Waals surface area contributed by atoms with Crippen LogP contribution in [0.15, 0.2) is 4.21 Å². The molecule has 2 aliphatic rings. The van der Waals surface area contributed by atoms with Crippen molar-refractivity contribution in [1.82, 2.24) is 9.62 Å². The van der Waals surface area contributed by atoms with Crippen molar-refractivity contribution in [2.45, 2.75) is 36.6 Å². The van der Waals surface area contributed by atoms with Gasteiger partial charge in [0.2, 0.25) is 0 Å². The Bertz CT molecular complexity index is 713. The molecule has 1 saturated heterocycles. The number of ether oxygens (including phenoxy) is 1. The molecule has 0 bridgehead atoms. The Hall–Kier alpha value is -1.00. The standard InChI is InChI=1S/C14H20N2O5S2/c1-2-9-8-21-6-5-16(9)23(19,20)14-12(13(17)18)10-3-4-15-7-11(10)22-14/h9,15H,2-8H2,1H3,(H,17,18). The van der Waals surface area contributed by atoms with E-state index in [1.54, 1.807) is 0 Å². The van der Waals surface area contributed by atoms with Gasteiger partial charge in [0.05, 0.1) is 18.8 Å². The average Bonchev–Trinajstić information content (AvgIpc) is 2.95. The van der Waals surface area contributed by atoms with Crippen LogP contribution in [0, 0.1) is 0 Å². The lowest BCUT2D eigenvalue weighted by molar-refractivity contribution is 0.0314. The molecular formula is C14H20N2O5S2. The third-order valence-electron chi connectivity index (χ3n) is 4.30. The van der Waals surface area contributed by atoms with E-state index in [-0.39, 0.29) is 22.4 Å². The molecule has 128 valence electrons. The Morgan fingerprint density at radius 2 is 2.30 bits per heavy atom. The lowest BCUT2D eigenvalue weighted by atomic mass is 10.1. The average molecular weight is 360 g/mol. The molecule has 1 unspecified atom stereocenters. The maximum absolute atomic E-state index is 13.1. The normalized spacial score (nSPS) is 22.7. The summed E-state index contributed by atoms with van der Waals surface area (Å²) < 4.78 is 32.9. The second kappa shape index (κ2) is 6.48. The summed E-state index contributed by atoms with van der Waals surface area (Å²) in [6.07, 6.45) is 1.18. The lowest BCUT2D eigenvalue weighted by Gasteiger charge is -2.33. The van der Waals surface area contributed by atoms with Crippen LogP contribution in [0.3, 0.4) is 0 Å². The number of carboxylic acid groups (broad SMARTS) is 1. The number of nitrogens with one attached hydrogen (secondary N) is 1. The van der Waals surface area contributed by atoms with Crippen molar-refractivity contribution in [3.05, 3.63) is 16.0 Å². The monoisotopic (exact) mass is 360 g/mol. The highest BCUT2D eigenvalue weighted by Crippen LogP contribution is 2.37. The van der Waals surface area contributed by atoms with Crippen LogP contribution in [0.2, 0.25) is 0 Å². The van der Waals surface area contributed by atoms with Crippen molar-refractivity contribution in [2.24, 2.45) is 0 Å². The smallest absolute Gasteiger partial charge is 0.338 e. The van der Waals surface area contributed by atoms with E-state index in [1.807, 2.05) is 6.92 Å². The Labute approximate surface area is 139 Å². The van der Waals surface area contributed by atoms with E-state index < -0.39 is 16.0 Å². The first-order valence-electron chi connectivity index (χ1n) is 7.65. The molecule has 0 amide bonds. The van der Waals surface area contributed by atoms with Gasteiger partial charge in [-0.05, 0) is 24.9 Å². The molecule has 0 aliphatic carbocycles. The predicted octanol–water partition coefficient (Wildman–Crippen LogP) is 0.892. The molecular weight excluding hydrogens is 340 g/mol. The Balaban J connectivity index is 2.09. The van der Waals surface area contributed by atoms with Gasteiger partial charge >= 0.3 is 5.97 Å². The quantitative estimate of drug-likeness (QED) is 0.828. The molecule has 1 aromatic rings. The highest BCUT2D eigenvalue weighted by atomic mass is 32.2. The van der Waals surface area contributed by atoms with E-state index in [2.05, 4.69) is 5.32 Å². The number of hydrogen-bond acceptors (Lipinski definition) is 6. The molecule has 3 heterocycles. The summed E-state index contributed by atoms with van der Waals surface area (Å²) in [5.74, 6) is -1.16. The van der Waals surface area contributed by atoms with Crippen molar-refractivity contribution < 1.29 is 23.1 Å². The Morgan fingerprint density at radius 1 is 1.52 bits per heavy atom. The zero-order chi connectivity index (χ0) is 16.6. The van der Waals surface area contributed by atoms with Crippen molar-refractivity contribution >= 4 is 27.3 Å². The molecule has 1 atom stereocenters. The molecule has 9 heteroatoms. The van der Waals surface area contributed by atoms with Gasteiger partial charge in [-0.25, -0.2) is 13.2 Å². The summed E-state index contributed by atoms with van der Waals surface area (Å²) in [4.78, 5) is 12.5. The van der Waals surface area contributed by atoms with Crippen LogP contribution < -0.4 is 5.32 Å². The van der Waals surface area contributed by atoms with E-state index in [9.17, 15) is 18.3 Å². The van der Waals surface area contributed by atoms with Crippen molar-refractivity contribution in [3.63, 3.8) is 0 Å². The number of carbonyl (C=O) groups is 1. The van der Waals surface area contributed by atoms with E-state index in [1.165, 1.54) is 4.31 Å². The number of thiophene rings is 1. The molecule has 7 nitrogen and oxygen atoms in total. The Morgan fingerprint density at radius 3 is 3.00 bits per heavy atom. The first-order chi connectivity index (χ1) is 11.0. The molecule has 1 fully saturated rings. The van der Waals surface area contributed by atoms with Crippen LogP contribution in [0.1, 0.15) is 34.1 Å². The summed E-state index contributed by atoms with van der Waals surface area (Å²) >= 11 is 1.09. The van der Waals surface area contributed by atoms with Crippen molar-refractivity contribution in [2.75, 3.05) is 26.3 Å². The highest BCUT2D eigenvalue weighted by Gasteiger charge is 2.39. The number of rotatable bonds is 4. The number of fused-ring (bicyclic) bond motifs is 1. The number of aromatic carboxylic acids is 1. The van der Waals surface area contributed by atoms with Crippen LogP contribution >= 0.6 is 11.3 Å². The number of morpholine rings is 1. The predicted molar refractivity (Wildman–Crippen MR) is 85.5 cm³/mol. The van der Waals surface area contributed by atoms with Gasteiger partial charge in [0.15, 0.2) is 0 Å². The van der Waals surface area contributed by atoms with E-state index in [4.69, 9.17) is 4.74 Å². The fourth-order valence-corrected chi connectivity index (χ4v) is 6.74. The van der Waals surface area contributed by atoms with Crippen molar-refractivity contribution in [1.29, 1.82) is 0 Å². The molecule has 0 aromatic carbocycles. The van der Waals surface area contributed by atoms with E-state index in [0.717, 1.165) is 16.2 Å². The van der Waals surface area contributed by atoms with Gasteiger partial charge in [0.1, 0.15) is 4.21 Å². The summed E-state index contributed by atoms with van der Waals surface area (Å²) in [7, 11) is -3.83. The lowest BCUT2D eigenvalue weighted by Crippen LogP contribution is -2.48. The topological polar surface area (TPSA) is 95.9 Å². The molecule has 23 heavy (non-hydrogen) atoms. The van der Waals surface area contributed by atoms with Gasteiger partial charge in [0, 0.05) is 24.0 Å². The Kier molecular flexibility index (Phi) is 4.75. The summed E-state index contributed by atoms with van der Waals surface area (Å²) in [6.45, 7) is 4.05. The summed E-state index contributed by atoms with van der Waals surface area (Å²) in [6, 6.07) is -0.243. The molecule has 0 radical (unpaired) electrons. The maximum Gasteiger partial charge on any atom is 0.338 e. The molecule has 2 N–H and O–H groups in total. The highest BCUT2D eigenvalue weighted by molar-refractivity contribution is 7.91. The number of hydrogen-bond donors (Lipinski definition) is 2. The van der Waals surface area contributed by atoms with Gasteiger partial charge < -0.3 is 15.2 Å². The zero-order valence-electron chi connectivity index (χ0n) is 12.9. The van der Waals surface area contributed by atoms with Gasteiger partial charge in [-0.3, -0.25) is 0 Å². The van der Waals surface area contributed by atoms with Crippen LogP contribution in [-0.2, 0) is 27.7 Å². The maximum atomic E-state index is 13.1.